The first kappa shape index (κ1) is 15.3. The fourth-order valence-electron chi connectivity index (χ4n) is 3.42. The van der Waals surface area contributed by atoms with Gasteiger partial charge in [0.25, 0.3) is 0 Å². The highest BCUT2D eigenvalue weighted by Gasteiger charge is 2.20. The average Bonchev–Trinajstić information content (AvgIpc) is 2.48. The zero-order valence-electron chi connectivity index (χ0n) is 14.0. The number of nitrogens with zero attached hydrogens (tertiary/aromatic N) is 2. The standard InChI is InChI=1S/C19H27N3/c1-14(2)13-22-10-8-16(9-11-22)21-19-12-15(3)20-18-7-5-4-6-17(18)19/h4-7,12,14,16H,8-11,13H2,1-3H3,(H,20,21). The highest BCUT2D eigenvalue weighted by Crippen LogP contribution is 2.25. The monoisotopic (exact) mass is 297 g/mol. The Morgan fingerprint density at radius 1 is 1.23 bits per heavy atom. The molecule has 1 aromatic heterocycles. The van der Waals surface area contributed by atoms with E-state index in [4.69, 9.17) is 0 Å². The molecule has 1 N–H and O–H groups in total. The Bertz CT molecular complexity index is 628. The summed E-state index contributed by atoms with van der Waals surface area (Å²) >= 11 is 0. The highest BCUT2D eigenvalue weighted by molar-refractivity contribution is 5.91. The third kappa shape index (κ3) is 3.58. The van der Waals surface area contributed by atoms with Crippen LogP contribution in [0.25, 0.3) is 10.9 Å². The molecule has 1 aromatic carbocycles. The summed E-state index contributed by atoms with van der Waals surface area (Å²) in [5, 5.41) is 5.01. The summed E-state index contributed by atoms with van der Waals surface area (Å²) in [6.45, 7) is 10.3. The minimum Gasteiger partial charge on any atom is -0.382 e. The number of hydrogen-bond donors (Lipinski definition) is 1. The van der Waals surface area contributed by atoms with Gasteiger partial charge in [0.1, 0.15) is 0 Å². The SMILES string of the molecule is Cc1cc(NC2CCN(CC(C)C)CC2)c2ccccc2n1. The van der Waals surface area contributed by atoms with Crippen LogP contribution in [-0.4, -0.2) is 35.6 Å². The van der Waals surface area contributed by atoms with E-state index in [2.05, 4.69) is 66.3 Å². The minimum atomic E-state index is 0.577. The largest absolute Gasteiger partial charge is 0.382 e. The van der Waals surface area contributed by atoms with Gasteiger partial charge in [-0.1, -0.05) is 32.0 Å². The van der Waals surface area contributed by atoms with Crippen molar-refractivity contribution in [3.63, 3.8) is 0 Å². The Balaban J connectivity index is 1.70. The number of rotatable bonds is 4. The lowest BCUT2D eigenvalue weighted by molar-refractivity contribution is 0.198. The molecule has 0 aliphatic carbocycles. The molecule has 0 unspecified atom stereocenters. The summed E-state index contributed by atoms with van der Waals surface area (Å²) < 4.78 is 0. The zero-order chi connectivity index (χ0) is 15.5. The van der Waals surface area contributed by atoms with Gasteiger partial charge in [0.15, 0.2) is 0 Å². The van der Waals surface area contributed by atoms with E-state index in [0.717, 1.165) is 17.1 Å². The van der Waals surface area contributed by atoms with Crippen molar-refractivity contribution in [2.75, 3.05) is 25.0 Å². The van der Waals surface area contributed by atoms with Crippen molar-refractivity contribution >= 4 is 16.6 Å². The average molecular weight is 297 g/mol. The third-order valence-corrected chi connectivity index (χ3v) is 4.41. The number of hydrogen-bond acceptors (Lipinski definition) is 3. The molecule has 3 rings (SSSR count). The number of fused-ring (bicyclic) bond motifs is 1. The zero-order valence-corrected chi connectivity index (χ0v) is 14.0. The van der Waals surface area contributed by atoms with Crippen molar-refractivity contribution in [1.82, 2.24) is 9.88 Å². The molecule has 1 fully saturated rings. The van der Waals surface area contributed by atoms with Gasteiger partial charge in [0.05, 0.1) is 5.52 Å². The van der Waals surface area contributed by atoms with Crippen molar-refractivity contribution < 1.29 is 0 Å². The smallest absolute Gasteiger partial charge is 0.0725 e. The number of para-hydroxylation sites is 1. The van der Waals surface area contributed by atoms with E-state index >= 15 is 0 Å². The number of nitrogens with one attached hydrogen (secondary N) is 1. The van der Waals surface area contributed by atoms with Crippen LogP contribution in [0, 0.1) is 12.8 Å². The first-order chi connectivity index (χ1) is 10.6. The van der Waals surface area contributed by atoms with Gasteiger partial charge in [-0.3, -0.25) is 4.98 Å². The predicted molar refractivity (Wildman–Crippen MR) is 94.4 cm³/mol. The van der Waals surface area contributed by atoms with Gasteiger partial charge in [-0.25, -0.2) is 0 Å². The van der Waals surface area contributed by atoms with E-state index in [-0.39, 0.29) is 0 Å². The van der Waals surface area contributed by atoms with Crippen molar-refractivity contribution in [1.29, 1.82) is 0 Å². The first-order valence-corrected chi connectivity index (χ1v) is 8.47. The number of benzene rings is 1. The summed E-state index contributed by atoms with van der Waals surface area (Å²) in [4.78, 5) is 7.22. The number of pyridine rings is 1. The molecule has 1 aliphatic heterocycles. The van der Waals surface area contributed by atoms with E-state index < -0.39 is 0 Å². The van der Waals surface area contributed by atoms with Gasteiger partial charge in [-0.2, -0.15) is 0 Å². The van der Waals surface area contributed by atoms with Crippen LogP contribution in [0.2, 0.25) is 0 Å². The molecule has 0 atom stereocenters. The maximum atomic E-state index is 4.63. The van der Waals surface area contributed by atoms with Crippen LogP contribution in [-0.2, 0) is 0 Å². The maximum absolute atomic E-state index is 4.63. The molecule has 1 aliphatic rings. The second-order valence-corrected chi connectivity index (χ2v) is 6.94. The van der Waals surface area contributed by atoms with Crippen LogP contribution >= 0.6 is 0 Å². The Kier molecular flexibility index (Phi) is 4.63. The second-order valence-electron chi connectivity index (χ2n) is 6.94. The lowest BCUT2D eigenvalue weighted by Gasteiger charge is -2.34. The summed E-state index contributed by atoms with van der Waals surface area (Å²) in [6, 6.07) is 11.2. The van der Waals surface area contributed by atoms with E-state index in [1.165, 1.54) is 43.5 Å². The van der Waals surface area contributed by atoms with Crippen molar-refractivity contribution in [2.24, 2.45) is 5.92 Å². The normalized spacial score (nSPS) is 17.3. The van der Waals surface area contributed by atoms with Crippen molar-refractivity contribution in [3.8, 4) is 0 Å². The van der Waals surface area contributed by atoms with Crippen LogP contribution in [0.3, 0.4) is 0 Å². The Labute approximate surface area is 133 Å². The van der Waals surface area contributed by atoms with Crippen LogP contribution < -0.4 is 5.32 Å². The van der Waals surface area contributed by atoms with Crippen molar-refractivity contribution in [2.45, 2.75) is 39.7 Å². The Morgan fingerprint density at radius 3 is 2.68 bits per heavy atom. The van der Waals surface area contributed by atoms with Gasteiger partial charge in [0, 0.05) is 42.4 Å². The molecular formula is C19H27N3. The molecule has 2 heterocycles. The lowest BCUT2D eigenvalue weighted by Crippen LogP contribution is -2.40. The Morgan fingerprint density at radius 2 is 1.95 bits per heavy atom. The van der Waals surface area contributed by atoms with Crippen molar-refractivity contribution in [3.05, 3.63) is 36.0 Å². The number of anilines is 1. The lowest BCUT2D eigenvalue weighted by atomic mass is 10.0. The second kappa shape index (κ2) is 6.66. The van der Waals surface area contributed by atoms with Gasteiger partial charge >= 0.3 is 0 Å². The van der Waals surface area contributed by atoms with E-state index in [1.807, 2.05) is 0 Å². The molecule has 118 valence electrons. The quantitative estimate of drug-likeness (QED) is 0.922. The molecule has 3 nitrogen and oxygen atoms in total. The van der Waals surface area contributed by atoms with Crippen LogP contribution in [0.1, 0.15) is 32.4 Å². The van der Waals surface area contributed by atoms with E-state index in [1.54, 1.807) is 0 Å². The van der Waals surface area contributed by atoms with E-state index in [9.17, 15) is 0 Å². The molecule has 2 aromatic rings. The third-order valence-electron chi connectivity index (χ3n) is 4.41. The molecule has 0 amide bonds. The van der Waals surface area contributed by atoms with Gasteiger partial charge in [-0.15, -0.1) is 0 Å². The Hall–Kier alpha value is -1.61. The number of aryl methyl sites for hydroxylation is 1. The molecule has 0 spiro atoms. The molecule has 0 radical (unpaired) electrons. The molecule has 0 saturated carbocycles. The number of piperidine rings is 1. The summed E-state index contributed by atoms with van der Waals surface area (Å²) in [6.07, 6.45) is 2.45. The van der Waals surface area contributed by atoms with Crippen LogP contribution in [0.4, 0.5) is 5.69 Å². The summed E-state index contributed by atoms with van der Waals surface area (Å²) in [5.74, 6) is 0.760. The molecule has 0 bridgehead atoms. The molecule has 3 heteroatoms. The summed E-state index contributed by atoms with van der Waals surface area (Å²) in [7, 11) is 0. The molecular weight excluding hydrogens is 270 g/mol. The van der Waals surface area contributed by atoms with Crippen LogP contribution in [0.5, 0.6) is 0 Å². The van der Waals surface area contributed by atoms with Gasteiger partial charge in [0.2, 0.25) is 0 Å². The molecule has 22 heavy (non-hydrogen) atoms. The fraction of sp³-hybridized carbons (Fsp3) is 0.526. The van der Waals surface area contributed by atoms with E-state index in [0.29, 0.717) is 6.04 Å². The summed E-state index contributed by atoms with van der Waals surface area (Å²) in [5.41, 5.74) is 3.41. The number of likely N-dealkylation sites (tertiary alicyclic amines) is 1. The van der Waals surface area contributed by atoms with Crippen LogP contribution in [0.15, 0.2) is 30.3 Å². The highest BCUT2D eigenvalue weighted by atomic mass is 15.1. The fourth-order valence-corrected chi connectivity index (χ4v) is 3.42. The van der Waals surface area contributed by atoms with Gasteiger partial charge < -0.3 is 10.2 Å². The minimum absolute atomic E-state index is 0.577. The van der Waals surface area contributed by atoms with Gasteiger partial charge in [-0.05, 0) is 37.8 Å². The first-order valence-electron chi connectivity index (χ1n) is 8.47. The predicted octanol–water partition coefficient (Wildman–Crippen LogP) is 4.08. The maximum Gasteiger partial charge on any atom is 0.0725 e. The number of aromatic nitrogens is 1. The molecule has 1 saturated heterocycles. The topological polar surface area (TPSA) is 28.2 Å².